The van der Waals surface area contributed by atoms with E-state index in [-0.39, 0.29) is 24.5 Å². The molecule has 0 spiro atoms. The van der Waals surface area contributed by atoms with Crippen molar-refractivity contribution in [1.29, 1.82) is 0 Å². The van der Waals surface area contributed by atoms with Crippen LogP contribution >= 0.6 is 0 Å². The molecule has 6 nitrogen and oxygen atoms in total. The first-order valence-electron chi connectivity index (χ1n) is 8.42. The van der Waals surface area contributed by atoms with Gasteiger partial charge >= 0.3 is 6.18 Å². The molecule has 0 radical (unpaired) electrons. The minimum absolute atomic E-state index is 0.0417. The molecule has 1 fully saturated rings. The van der Waals surface area contributed by atoms with E-state index in [0.29, 0.717) is 6.42 Å². The van der Waals surface area contributed by atoms with E-state index in [0.717, 1.165) is 29.9 Å². The first kappa shape index (κ1) is 18.8. The summed E-state index contributed by atoms with van der Waals surface area (Å²) >= 11 is 0. The third-order valence-corrected chi connectivity index (χ3v) is 4.64. The van der Waals surface area contributed by atoms with Gasteiger partial charge in [0.15, 0.2) is 0 Å². The number of alkyl halides is 3. The molecule has 9 heteroatoms. The Morgan fingerprint density at radius 2 is 2.15 bits per heavy atom. The number of aliphatic hydroxyl groups excluding tert-OH is 2. The fraction of sp³-hybridized carbons (Fsp3) is 0.529. The van der Waals surface area contributed by atoms with E-state index in [1.807, 2.05) is 0 Å². The first-order chi connectivity index (χ1) is 12.3. The predicted octanol–water partition coefficient (Wildman–Crippen LogP) is 1.28. The van der Waals surface area contributed by atoms with Crippen LogP contribution in [-0.4, -0.2) is 44.6 Å². The second-order valence-corrected chi connectivity index (χ2v) is 6.56. The zero-order chi connectivity index (χ0) is 18.9. The Hall–Kier alpha value is -1.97. The van der Waals surface area contributed by atoms with Crippen LogP contribution in [0.1, 0.15) is 24.8 Å². The molecule has 0 amide bonds. The number of nitrogens with one attached hydrogen (secondary N) is 1. The van der Waals surface area contributed by atoms with E-state index in [1.165, 1.54) is 12.1 Å². The molecule has 3 N–H and O–H groups in total. The highest BCUT2D eigenvalue weighted by Crippen LogP contribution is 2.32. The van der Waals surface area contributed by atoms with Gasteiger partial charge in [-0.05, 0) is 37.9 Å². The number of piperidine rings is 1. The molecule has 2 heterocycles. The van der Waals surface area contributed by atoms with Gasteiger partial charge in [0, 0.05) is 6.04 Å². The molecule has 142 valence electrons. The molecule has 1 saturated heterocycles. The maximum atomic E-state index is 13.2. The van der Waals surface area contributed by atoms with E-state index in [2.05, 4.69) is 10.3 Å². The number of nitrogens with zero attached hydrogens (tertiary/aromatic N) is 2. The third-order valence-electron chi connectivity index (χ3n) is 4.64. The quantitative estimate of drug-likeness (QED) is 0.754. The molecule has 1 aliphatic heterocycles. The molecule has 0 bridgehead atoms. The van der Waals surface area contributed by atoms with Gasteiger partial charge in [-0.25, -0.2) is 4.98 Å². The summed E-state index contributed by atoms with van der Waals surface area (Å²) in [5.41, 5.74) is -1.93. The van der Waals surface area contributed by atoms with E-state index >= 15 is 0 Å². The van der Waals surface area contributed by atoms with Gasteiger partial charge in [-0.15, -0.1) is 0 Å². The second kappa shape index (κ2) is 7.34. The summed E-state index contributed by atoms with van der Waals surface area (Å²) in [6.07, 6.45) is -3.49. The number of rotatable bonds is 4. The molecule has 2 aromatic rings. The number of aliphatic hydroxyl groups is 2. The van der Waals surface area contributed by atoms with Gasteiger partial charge in [-0.2, -0.15) is 13.2 Å². The van der Waals surface area contributed by atoms with Gasteiger partial charge in [-0.3, -0.25) is 9.36 Å². The Morgan fingerprint density at radius 1 is 1.38 bits per heavy atom. The Bertz CT molecular complexity index is 837. The second-order valence-electron chi connectivity index (χ2n) is 6.56. The maximum Gasteiger partial charge on any atom is 0.417 e. The third kappa shape index (κ3) is 3.89. The number of aromatic nitrogens is 2. The number of fused-ring (bicyclic) bond motifs is 1. The number of halogens is 3. The Kier molecular flexibility index (Phi) is 5.31. The molecule has 3 rings (SSSR count). The van der Waals surface area contributed by atoms with Crippen molar-refractivity contribution in [3.8, 4) is 0 Å². The minimum Gasteiger partial charge on any atom is -0.392 e. The average molecular weight is 371 g/mol. The smallest absolute Gasteiger partial charge is 0.392 e. The van der Waals surface area contributed by atoms with Crippen molar-refractivity contribution in [2.75, 3.05) is 6.54 Å². The highest BCUT2D eigenvalue weighted by molar-refractivity contribution is 5.81. The molecule has 26 heavy (non-hydrogen) atoms. The lowest BCUT2D eigenvalue weighted by Crippen LogP contribution is -2.47. The monoisotopic (exact) mass is 371 g/mol. The van der Waals surface area contributed by atoms with Crippen LogP contribution in [0, 0.1) is 0 Å². The van der Waals surface area contributed by atoms with E-state index < -0.39 is 34.9 Å². The summed E-state index contributed by atoms with van der Waals surface area (Å²) in [5.74, 6) is 0. The van der Waals surface area contributed by atoms with Gasteiger partial charge in [0.25, 0.3) is 5.56 Å². The lowest BCUT2D eigenvalue weighted by molar-refractivity contribution is -0.136. The summed E-state index contributed by atoms with van der Waals surface area (Å²) in [6, 6.07) is 3.07. The Labute approximate surface area is 147 Å². The Morgan fingerprint density at radius 3 is 2.85 bits per heavy atom. The van der Waals surface area contributed by atoms with Crippen LogP contribution in [0.3, 0.4) is 0 Å². The van der Waals surface area contributed by atoms with Gasteiger partial charge in [0.05, 0.1) is 41.5 Å². The molecule has 0 saturated carbocycles. The molecule has 1 aromatic heterocycles. The average Bonchev–Trinajstić information content (AvgIpc) is 2.58. The summed E-state index contributed by atoms with van der Waals surface area (Å²) in [5, 5.41) is 22.8. The maximum absolute atomic E-state index is 13.2. The van der Waals surface area contributed by atoms with Crippen LogP contribution in [-0.2, 0) is 12.7 Å². The topological polar surface area (TPSA) is 87.4 Å². The SMILES string of the molecule is O=c1c2c(C(F)(F)F)cccc2ncn1CC(O)C[C@H]1NCCC[C@@H]1O. The van der Waals surface area contributed by atoms with Crippen molar-refractivity contribution >= 4 is 10.9 Å². The van der Waals surface area contributed by atoms with Crippen molar-refractivity contribution < 1.29 is 23.4 Å². The molecular formula is C17H20F3N3O3. The van der Waals surface area contributed by atoms with Crippen molar-refractivity contribution in [2.45, 2.75) is 50.2 Å². The van der Waals surface area contributed by atoms with Crippen molar-refractivity contribution in [3.05, 3.63) is 40.4 Å². The number of hydrogen-bond donors (Lipinski definition) is 3. The van der Waals surface area contributed by atoms with Gasteiger partial charge in [-0.1, -0.05) is 6.07 Å². The number of benzene rings is 1. The van der Waals surface area contributed by atoms with E-state index in [1.54, 1.807) is 0 Å². The van der Waals surface area contributed by atoms with Crippen molar-refractivity contribution in [2.24, 2.45) is 0 Å². The zero-order valence-electron chi connectivity index (χ0n) is 13.9. The summed E-state index contributed by atoms with van der Waals surface area (Å²) in [7, 11) is 0. The summed E-state index contributed by atoms with van der Waals surface area (Å²) in [6.45, 7) is 0.528. The van der Waals surface area contributed by atoms with Gasteiger partial charge in [0.1, 0.15) is 0 Å². The number of hydrogen-bond acceptors (Lipinski definition) is 5. The van der Waals surface area contributed by atoms with Crippen LogP contribution in [0.5, 0.6) is 0 Å². The first-order valence-corrected chi connectivity index (χ1v) is 8.42. The zero-order valence-corrected chi connectivity index (χ0v) is 13.9. The van der Waals surface area contributed by atoms with Crippen molar-refractivity contribution in [3.63, 3.8) is 0 Å². The largest absolute Gasteiger partial charge is 0.417 e. The normalized spacial score (nSPS) is 22.5. The minimum atomic E-state index is -4.67. The molecule has 0 aliphatic carbocycles. The molecule has 1 unspecified atom stereocenters. The van der Waals surface area contributed by atoms with Crippen LogP contribution in [0.15, 0.2) is 29.3 Å². The van der Waals surface area contributed by atoms with Crippen LogP contribution < -0.4 is 10.9 Å². The lowest BCUT2D eigenvalue weighted by atomic mass is 9.96. The molecular weight excluding hydrogens is 351 g/mol. The van der Waals surface area contributed by atoms with E-state index in [4.69, 9.17) is 0 Å². The van der Waals surface area contributed by atoms with Crippen molar-refractivity contribution in [1.82, 2.24) is 14.9 Å². The van der Waals surface area contributed by atoms with E-state index in [9.17, 15) is 28.2 Å². The summed E-state index contributed by atoms with van der Waals surface area (Å²) in [4.78, 5) is 16.5. The van der Waals surface area contributed by atoms with Crippen LogP contribution in [0.4, 0.5) is 13.2 Å². The van der Waals surface area contributed by atoms with Crippen LogP contribution in [0.2, 0.25) is 0 Å². The Balaban J connectivity index is 1.86. The van der Waals surface area contributed by atoms with Gasteiger partial charge in [0.2, 0.25) is 0 Å². The predicted molar refractivity (Wildman–Crippen MR) is 88.7 cm³/mol. The highest BCUT2D eigenvalue weighted by Gasteiger charge is 2.34. The molecule has 1 aliphatic rings. The van der Waals surface area contributed by atoms with Gasteiger partial charge < -0.3 is 15.5 Å². The van der Waals surface area contributed by atoms with Crippen LogP contribution in [0.25, 0.3) is 10.9 Å². The molecule has 3 atom stereocenters. The lowest BCUT2D eigenvalue weighted by Gasteiger charge is -2.30. The standard InChI is InChI=1S/C17H20F3N3O3/c18-17(19,20)11-3-1-4-12-15(11)16(26)23(9-22-12)8-10(24)7-13-14(25)5-2-6-21-13/h1,3-4,9-10,13-14,21,24-25H,2,5-8H2/t10?,13-,14+/m1/s1. The highest BCUT2D eigenvalue weighted by atomic mass is 19.4. The fourth-order valence-electron chi connectivity index (χ4n) is 3.34. The fourth-order valence-corrected chi connectivity index (χ4v) is 3.34. The summed E-state index contributed by atoms with van der Waals surface area (Å²) < 4.78 is 40.5. The molecule has 1 aromatic carbocycles.